The Morgan fingerprint density at radius 1 is 1.38 bits per heavy atom. The van der Waals surface area contributed by atoms with Crippen molar-refractivity contribution in [2.24, 2.45) is 5.84 Å². The van der Waals surface area contributed by atoms with Crippen molar-refractivity contribution in [2.45, 2.75) is 25.8 Å². The van der Waals surface area contributed by atoms with Crippen LogP contribution in [0.3, 0.4) is 0 Å². The van der Waals surface area contributed by atoms with Crippen LogP contribution in [0.25, 0.3) is 0 Å². The molecule has 4 N–H and O–H groups in total. The molecule has 1 aromatic carbocycles. The van der Waals surface area contributed by atoms with Gasteiger partial charge in [-0.25, -0.2) is 0 Å². The molecule has 0 saturated carbocycles. The lowest BCUT2D eigenvalue weighted by Gasteiger charge is -2.08. The first kappa shape index (κ1) is 10.0. The van der Waals surface area contributed by atoms with Crippen LogP contribution in [0, 0.1) is 0 Å². The number of nitrogens with two attached hydrogens (primary N) is 1. The second-order valence-corrected chi connectivity index (χ2v) is 3.27. The Balaban J connectivity index is 2.41. The van der Waals surface area contributed by atoms with Gasteiger partial charge in [0.1, 0.15) is 5.75 Å². The molecule has 0 bridgehead atoms. The molecule has 0 fully saturated rings. The molecule has 0 heterocycles. The highest BCUT2D eigenvalue weighted by atomic mass is 16.3. The molecule has 0 amide bonds. The third-order valence-corrected chi connectivity index (χ3v) is 2.09. The number of hydrazine groups is 1. The third-order valence-electron chi connectivity index (χ3n) is 2.09. The van der Waals surface area contributed by atoms with Crippen molar-refractivity contribution in [3.8, 4) is 5.75 Å². The van der Waals surface area contributed by atoms with Gasteiger partial charge >= 0.3 is 0 Å². The Morgan fingerprint density at radius 3 is 2.54 bits per heavy atom. The number of hydrogen-bond donors (Lipinski definition) is 3. The van der Waals surface area contributed by atoms with Crippen LogP contribution in [0.5, 0.6) is 5.75 Å². The molecule has 0 aliphatic heterocycles. The van der Waals surface area contributed by atoms with Gasteiger partial charge < -0.3 is 5.11 Å². The van der Waals surface area contributed by atoms with Gasteiger partial charge in [-0.15, -0.1) is 0 Å². The molecule has 72 valence electrons. The van der Waals surface area contributed by atoms with Gasteiger partial charge in [-0.1, -0.05) is 12.1 Å². The van der Waals surface area contributed by atoms with Crippen LogP contribution in [0.4, 0.5) is 0 Å². The highest BCUT2D eigenvalue weighted by Crippen LogP contribution is 2.11. The Morgan fingerprint density at radius 2 is 2.00 bits per heavy atom. The predicted molar refractivity (Wildman–Crippen MR) is 53.2 cm³/mol. The topological polar surface area (TPSA) is 58.3 Å². The minimum Gasteiger partial charge on any atom is -0.508 e. The van der Waals surface area contributed by atoms with Gasteiger partial charge in [0.15, 0.2) is 0 Å². The average Bonchev–Trinajstić information content (AvgIpc) is 2.16. The van der Waals surface area contributed by atoms with Crippen LogP contribution >= 0.6 is 0 Å². The lowest BCUT2D eigenvalue weighted by atomic mass is 10.1. The van der Waals surface area contributed by atoms with Crippen molar-refractivity contribution in [3.05, 3.63) is 29.8 Å². The number of benzene rings is 1. The summed E-state index contributed by atoms with van der Waals surface area (Å²) < 4.78 is 0. The summed E-state index contributed by atoms with van der Waals surface area (Å²) in [4.78, 5) is 0. The molecule has 3 heteroatoms. The molecule has 0 aliphatic carbocycles. The maximum Gasteiger partial charge on any atom is 0.115 e. The normalized spacial score (nSPS) is 12.8. The van der Waals surface area contributed by atoms with Gasteiger partial charge in [0, 0.05) is 6.04 Å². The molecule has 0 radical (unpaired) electrons. The summed E-state index contributed by atoms with van der Waals surface area (Å²) in [5.74, 6) is 5.58. The van der Waals surface area contributed by atoms with Crippen LogP contribution in [0.15, 0.2) is 24.3 Å². The van der Waals surface area contributed by atoms with Crippen LogP contribution < -0.4 is 11.3 Å². The number of phenols is 1. The van der Waals surface area contributed by atoms with E-state index in [1.807, 2.05) is 19.1 Å². The smallest absolute Gasteiger partial charge is 0.115 e. The Labute approximate surface area is 78.5 Å². The molecule has 0 aromatic heterocycles. The first-order chi connectivity index (χ1) is 6.22. The second-order valence-electron chi connectivity index (χ2n) is 3.27. The van der Waals surface area contributed by atoms with Crippen LogP contribution in [-0.2, 0) is 6.42 Å². The zero-order chi connectivity index (χ0) is 9.68. The van der Waals surface area contributed by atoms with E-state index in [9.17, 15) is 0 Å². The summed E-state index contributed by atoms with van der Waals surface area (Å²) in [7, 11) is 0. The van der Waals surface area contributed by atoms with E-state index < -0.39 is 0 Å². The molecule has 3 nitrogen and oxygen atoms in total. The molecule has 13 heavy (non-hydrogen) atoms. The van der Waals surface area contributed by atoms with Crippen molar-refractivity contribution in [2.75, 3.05) is 0 Å². The lowest BCUT2D eigenvalue weighted by molar-refractivity contribution is 0.475. The van der Waals surface area contributed by atoms with Crippen molar-refractivity contribution in [3.63, 3.8) is 0 Å². The molecular formula is C10H16N2O. The minimum absolute atomic E-state index is 0.314. The van der Waals surface area contributed by atoms with E-state index in [0.717, 1.165) is 12.8 Å². The number of phenolic OH excluding ortho intramolecular Hbond substituents is 1. The quantitative estimate of drug-likeness (QED) is 0.481. The zero-order valence-corrected chi connectivity index (χ0v) is 7.83. The molecule has 1 unspecified atom stereocenters. The van der Waals surface area contributed by atoms with Crippen LogP contribution in [0.2, 0.25) is 0 Å². The van der Waals surface area contributed by atoms with E-state index in [1.54, 1.807) is 12.1 Å². The van der Waals surface area contributed by atoms with Crippen LogP contribution in [-0.4, -0.2) is 11.1 Å². The van der Waals surface area contributed by atoms with E-state index in [1.165, 1.54) is 5.56 Å². The molecule has 1 atom stereocenters. The molecule has 0 saturated heterocycles. The predicted octanol–water partition coefficient (Wildman–Crippen LogP) is 1.18. The average molecular weight is 180 g/mol. The highest BCUT2D eigenvalue weighted by Gasteiger charge is 1.99. The summed E-state index contributed by atoms with van der Waals surface area (Å²) in [6.45, 7) is 2.04. The zero-order valence-electron chi connectivity index (χ0n) is 7.83. The van der Waals surface area contributed by atoms with Gasteiger partial charge in [-0.05, 0) is 37.5 Å². The summed E-state index contributed by atoms with van der Waals surface area (Å²) in [5, 5.41) is 9.05. The summed E-state index contributed by atoms with van der Waals surface area (Å²) >= 11 is 0. The highest BCUT2D eigenvalue weighted by molar-refractivity contribution is 5.25. The van der Waals surface area contributed by atoms with Gasteiger partial charge in [0.2, 0.25) is 0 Å². The van der Waals surface area contributed by atoms with E-state index in [0.29, 0.717) is 11.8 Å². The minimum atomic E-state index is 0.314. The standard InChI is InChI=1S/C10H16N2O/c1-8(12-11)2-3-9-4-6-10(13)7-5-9/h4-8,12-13H,2-3,11H2,1H3. The Bertz CT molecular complexity index is 246. The Kier molecular flexibility index (Phi) is 3.73. The molecular weight excluding hydrogens is 164 g/mol. The summed E-state index contributed by atoms with van der Waals surface area (Å²) in [6.07, 6.45) is 1.98. The maximum atomic E-state index is 9.05. The fourth-order valence-corrected chi connectivity index (χ4v) is 1.13. The van der Waals surface area contributed by atoms with E-state index >= 15 is 0 Å². The molecule has 0 spiro atoms. The number of hydrogen-bond acceptors (Lipinski definition) is 3. The Hall–Kier alpha value is -1.06. The van der Waals surface area contributed by atoms with Gasteiger partial charge in [-0.2, -0.15) is 0 Å². The van der Waals surface area contributed by atoms with E-state index in [4.69, 9.17) is 10.9 Å². The number of nitrogens with one attached hydrogen (secondary N) is 1. The third kappa shape index (κ3) is 3.44. The summed E-state index contributed by atoms with van der Waals surface area (Å²) in [6, 6.07) is 7.59. The number of aryl methyl sites for hydroxylation is 1. The maximum absolute atomic E-state index is 9.05. The van der Waals surface area contributed by atoms with Crippen molar-refractivity contribution < 1.29 is 5.11 Å². The van der Waals surface area contributed by atoms with E-state index in [-0.39, 0.29) is 0 Å². The first-order valence-corrected chi connectivity index (χ1v) is 4.46. The van der Waals surface area contributed by atoms with Crippen LogP contribution in [0.1, 0.15) is 18.9 Å². The van der Waals surface area contributed by atoms with Gasteiger partial charge in [0.05, 0.1) is 0 Å². The number of rotatable bonds is 4. The van der Waals surface area contributed by atoms with Crippen molar-refractivity contribution in [1.82, 2.24) is 5.43 Å². The first-order valence-electron chi connectivity index (χ1n) is 4.46. The fraction of sp³-hybridized carbons (Fsp3) is 0.400. The van der Waals surface area contributed by atoms with Crippen molar-refractivity contribution in [1.29, 1.82) is 0 Å². The summed E-state index contributed by atoms with van der Waals surface area (Å²) in [5.41, 5.74) is 3.92. The SMILES string of the molecule is CC(CCc1ccc(O)cc1)NN. The van der Waals surface area contributed by atoms with E-state index in [2.05, 4.69) is 5.43 Å². The lowest BCUT2D eigenvalue weighted by Crippen LogP contribution is -2.32. The molecule has 1 rings (SSSR count). The molecule has 1 aromatic rings. The largest absolute Gasteiger partial charge is 0.508 e. The second kappa shape index (κ2) is 4.84. The fourth-order valence-electron chi connectivity index (χ4n) is 1.13. The molecule has 0 aliphatic rings. The monoisotopic (exact) mass is 180 g/mol. The van der Waals surface area contributed by atoms with Crippen molar-refractivity contribution >= 4 is 0 Å². The van der Waals surface area contributed by atoms with Gasteiger partial charge in [-0.3, -0.25) is 11.3 Å². The number of aromatic hydroxyl groups is 1. The van der Waals surface area contributed by atoms with Gasteiger partial charge in [0.25, 0.3) is 0 Å².